The van der Waals surface area contributed by atoms with E-state index in [2.05, 4.69) is 36.3 Å². The Labute approximate surface area is 139 Å². The minimum Gasteiger partial charge on any atom is -0.350 e. The number of pyridine rings is 1. The van der Waals surface area contributed by atoms with E-state index in [1.54, 1.807) is 11.3 Å². The van der Waals surface area contributed by atoms with Crippen LogP contribution in [0.5, 0.6) is 0 Å². The van der Waals surface area contributed by atoms with Gasteiger partial charge >= 0.3 is 0 Å². The highest BCUT2D eigenvalue weighted by Crippen LogP contribution is 2.49. The Kier molecular flexibility index (Phi) is 3.45. The third kappa shape index (κ3) is 2.88. The van der Waals surface area contributed by atoms with Crippen LogP contribution in [0.2, 0.25) is 0 Å². The van der Waals surface area contributed by atoms with E-state index in [0.717, 1.165) is 17.8 Å². The van der Waals surface area contributed by atoms with E-state index < -0.39 is 0 Å². The first-order chi connectivity index (χ1) is 11.1. The molecule has 0 saturated heterocycles. The summed E-state index contributed by atoms with van der Waals surface area (Å²) in [5.41, 5.74) is 3.00. The van der Waals surface area contributed by atoms with Crippen LogP contribution in [-0.2, 0) is 11.3 Å². The summed E-state index contributed by atoms with van der Waals surface area (Å²) in [4.78, 5) is 19.5. The van der Waals surface area contributed by atoms with E-state index in [1.807, 2.05) is 28.9 Å². The summed E-state index contributed by atoms with van der Waals surface area (Å²) >= 11 is 1.80. The number of thiophene rings is 1. The minimum atomic E-state index is 0.132. The lowest BCUT2D eigenvalue weighted by molar-refractivity contribution is -0.122. The van der Waals surface area contributed by atoms with Crippen molar-refractivity contribution in [2.75, 3.05) is 0 Å². The van der Waals surface area contributed by atoms with Gasteiger partial charge in [-0.1, -0.05) is 6.07 Å². The number of imidazole rings is 1. The van der Waals surface area contributed by atoms with Crippen LogP contribution >= 0.6 is 11.3 Å². The topological polar surface area (TPSA) is 46.4 Å². The van der Waals surface area contributed by atoms with Crippen molar-refractivity contribution in [1.82, 2.24) is 14.7 Å². The lowest BCUT2D eigenvalue weighted by atomic mass is 10.2. The van der Waals surface area contributed by atoms with E-state index in [0.29, 0.717) is 12.5 Å². The summed E-state index contributed by atoms with van der Waals surface area (Å²) in [6.45, 7) is 4.66. The molecule has 2 atom stereocenters. The van der Waals surface area contributed by atoms with Gasteiger partial charge in [0.25, 0.3) is 0 Å². The highest BCUT2D eigenvalue weighted by molar-refractivity contribution is 7.12. The summed E-state index contributed by atoms with van der Waals surface area (Å²) < 4.78 is 2.01. The molecule has 118 valence electrons. The average molecular weight is 325 g/mol. The number of fused-ring (bicyclic) bond motifs is 1. The first-order valence-corrected chi connectivity index (χ1v) is 8.70. The number of nitrogens with zero attached hydrogens (tertiary/aromatic N) is 2. The molecular weight excluding hydrogens is 306 g/mol. The molecule has 4 rings (SSSR count). The van der Waals surface area contributed by atoms with Gasteiger partial charge in [0.15, 0.2) is 0 Å². The van der Waals surface area contributed by atoms with Crippen molar-refractivity contribution in [2.45, 2.75) is 32.7 Å². The van der Waals surface area contributed by atoms with Crippen LogP contribution in [0.4, 0.5) is 0 Å². The van der Waals surface area contributed by atoms with Crippen molar-refractivity contribution < 1.29 is 4.79 Å². The van der Waals surface area contributed by atoms with Crippen molar-refractivity contribution in [1.29, 1.82) is 0 Å². The maximum Gasteiger partial charge on any atom is 0.224 e. The highest BCUT2D eigenvalue weighted by Gasteiger charge is 2.44. The van der Waals surface area contributed by atoms with Gasteiger partial charge in [0.1, 0.15) is 5.65 Å². The fraction of sp³-hybridized carbons (Fsp3) is 0.333. The molecule has 0 bridgehead atoms. The molecule has 23 heavy (non-hydrogen) atoms. The molecule has 2 unspecified atom stereocenters. The molecule has 0 spiro atoms. The van der Waals surface area contributed by atoms with Crippen molar-refractivity contribution in [2.24, 2.45) is 5.92 Å². The lowest BCUT2D eigenvalue weighted by Crippen LogP contribution is -2.24. The Hall–Kier alpha value is -2.14. The SMILES string of the molecule is Cc1ccc2nc(CNC(=O)C3CC3c3ccc(C)s3)cn2c1. The molecule has 3 aromatic rings. The van der Waals surface area contributed by atoms with Gasteiger partial charge in [0.05, 0.1) is 12.2 Å². The van der Waals surface area contributed by atoms with Gasteiger partial charge in [-0.05, 0) is 44.0 Å². The lowest BCUT2D eigenvalue weighted by Gasteiger charge is -2.01. The highest BCUT2D eigenvalue weighted by atomic mass is 32.1. The zero-order valence-corrected chi connectivity index (χ0v) is 14.1. The summed E-state index contributed by atoms with van der Waals surface area (Å²) in [6.07, 6.45) is 5.00. The summed E-state index contributed by atoms with van der Waals surface area (Å²) in [5.74, 6) is 0.694. The van der Waals surface area contributed by atoms with Crippen LogP contribution in [0.15, 0.2) is 36.7 Å². The van der Waals surface area contributed by atoms with E-state index in [4.69, 9.17) is 0 Å². The van der Waals surface area contributed by atoms with Gasteiger partial charge in [0.2, 0.25) is 5.91 Å². The fourth-order valence-corrected chi connectivity index (χ4v) is 4.06. The predicted molar refractivity (Wildman–Crippen MR) is 91.7 cm³/mol. The molecule has 1 saturated carbocycles. The van der Waals surface area contributed by atoms with Gasteiger partial charge in [-0.3, -0.25) is 4.79 Å². The molecule has 0 radical (unpaired) electrons. The zero-order valence-electron chi connectivity index (χ0n) is 13.2. The molecule has 1 fully saturated rings. The molecule has 5 heteroatoms. The number of rotatable bonds is 4. The quantitative estimate of drug-likeness (QED) is 0.799. The number of amides is 1. The van der Waals surface area contributed by atoms with Crippen LogP contribution in [0.3, 0.4) is 0 Å². The summed E-state index contributed by atoms with van der Waals surface area (Å²) in [7, 11) is 0. The molecule has 1 aliphatic rings. The van der Waals surface area contributed by atoms with Crippen molar-refractivity contribution in [3.63, 3.8) is 0 Å². The van der Waals surface area contributed by atoms with Gasteiger partial charge in [-0.15, -0.1) is 11.3 Å². The van der Waals surface area contributed by atoms with Crippen molar-refractivity contribution >= 4 is 22.9 Å². The monoisotopic (exact) mass is 325 g/mol. The predicted octanol–water partition coefficient (Wildman–Crippen LogP) is 3.43. The average Bonchev–Trinajstić information content (AvgIpc) is 3.04. The fourth-order valence-electron chi connectivity index (χ4n) is 3.00. The summed E-state index contributed by atoms with van der Waals surface area (Å²) in [5, 5.41) is 3.03. The van der Waals surface area contributed by atoms with Crippen LogP contribution in [0.1, 0.15) is 33.4 Å². The second-order valence-corrected chi connectivity index (χ2v) is 7.64. The van der Waals surface area contributed by atoms with Gasteiger partial charge in [0, 0.05) is 34.0 Å². The smallest absolute Gasteiger partial charge is 0.224 e. The van der Waals surface area contributed by atoms with E-state index >= 15 is 0 Å². The Morgan fingerprint density at radius 2 is 2.17 bits per heavy atom. The van der Waals surface area contributed by atoms with Gasteiger partial charge in [-0.25, -0.2) is 4.98 Å². The second kappa shape index (κ2) is 5.49. The number of carbonyl (C=O) groups excluding carboxylic acids is 1. The van der Waals surface area contributed by atoms with Crippen LogP contribution in [0.25, 0.3) is 5.65 Å². The third-order valence-electron chi connectivity index (χ3n) is 4.35. The molecule has 0 aliphatic heterocycles. The van der Waals surface area contributed by atoms with Crippen LogP contribution in [-0.4, -0.2) is 15.3 Å². The largest absolute Gasteiger partial charge is 0.350 e. The second-order valence-electron chi connectivity index (χ2n) is 6.32. The molecule has 1 amide bonds. The maximum atomic E-state index is 12.3. The Morgan fingerprint density at radius 3 is 2.96 bits per heavy atom. The number of hydrogen-bond donors (Lipinski definition) is 1. The Balaban J connectivity index is 1.38. The zero-order chi connectivity index (χ0) is 16.0. The Bertz CT molecular complexity index is 879. The van der Waals surface area contributed by atoms with E-state index in [9.17, 15) is 4.79 Å². The van der Waals surface area contributed by atoms with Gasteiger partial charge in [-0.2, -0.15) is 0 Å². The first kappa shape index (κ1) is 14.5. The summed E-state index contributed by atoms with van der Waals surface area (Å²) in [6, 6.07) is 8.33. The van der Waals surface area contributed by atoms with E-state index in [1.165, 1.54) is 15.3 Å². The van der Waals surface area contributed by atoms with Crippen molar-refractivity contribution in [3.05, 3.63) is 57.7 Å². The van der Waals surface area contributed by atoms with E-state index in [-0.39, 0.29) is 11.8 Å². The van der Waals surface area contributed by atoms with Crippen LogP contribution in [0, 0.1) is 19.8 Å². The molecule has 4 nitrogen and oxygen atoms in total. The third-order valence-corrected chi connectivity index (χ3v) is 5.48. The Morgan fingerprint density at radius 1 is 1.30 bits per heavy atom. The van der Waals surface area contributed by atoms with Crippen molar-refractivity contribution in [3.8, 4) is 0 Å². The normalized spacial score (nSPS) is 19.9. The molecule has 1 N–H and O–H groups in total. The molecule has 3 aromatic heterocycles. The first-order valence-electron chi connectivity index (χ1n) is 7.88. The number of aromatic nitrogens is 2. The number of nitrogens with one attached hydrogen (secondary N) is 1. The molecule has 0 aromatic carbocycles. The van der Waals surface area contributed by atoms with Crippen LogP contribution < -0.4 is 5.32 Å². The standard InChI is InChI=1S/C18H19N3OS/c1-11-3-6-17-20-13(10-21(17)9-11)8-19-18(22)15-7-14(15)16-5-4-12(2)23-16/h3-6,9-10,14-15H,7-8H2,1-2H3,(H,19,22). The molecule has 1 aliphatic carbocycles. The minimum absolute atomic E-state index is 0.132. The molecule has 3 heterocycles. The van der Waals surface area contributed by atoms with Gasteiger partial charge < -0.3 is 9.72 Å². The molecular formula is C18H19N3OS. The number of hydrogen-bond acceptors (Lipinski definition) is 3. The number of carbonyl (C=O) groups is 1. The maximum absolute atomic E-state index is 12.3. The number of aryl methyl sites for hydroxylation is 2.